The number of amides is 1. The zero-order valence-corrected chi connectivity index (χ0v) is 18.1. The van der Waals surface area contributed by atoms with Crippen LogP contribution in [0.25, 0.3) is 6.08 Å². The number of nitro groups is 1. The van der Waals surface area contributed by atoms with Crippen molar-refractivity contribution in [2.45, 2.75) is 10.1 Å². The molecule has 0 saturated carbocycles. The van der Waals surface area contributed by atoms with Gasteiger partial charge in [-0.05, 0) is 53.7 Å². The second kappa shape index (κ2) is 10.4. The van der Waals surface area contributed by atoms with E-state index in [1.54, 1.807) is 24.3 Å². The van der Waals surface area contributed by atoms with E-state index in [1.807, 2.05) is 6.07 Å². The van der Waals surface area contributed by atoms with Crippen LogP contribution in [0.2, 0.25) is 5.02 Å². The lowest BCUT2D eigenvalue weighted by atomic mass is 10.1. The third-order valence-electron chi connectivity index (χ3n) is 4.01. The van der Waals surface area contributed by atoms with E-state index in [0.717, 1.165) is 11.8 Å². The molecular formula is C21H14ClN5O4S. The van der Waals surface area contributed by atoms with Crippen LogP contribution in [0.5, 0.6) is 5.75 Å². The van der Waals surface area contributed by atoms with Gasteiger partial charge in [-0.25, -0.2) is 9.97 Å². The van der Waals surface area contributed by atoms with Gasteiger partial charge in [0.15, 0.2) is 5.16 Å². The van der Waals surface area contributed by atoms with Crippen LogP contribution < -0.4 is 10.1 Å². The third-order valence-corrected chi connectivity index (χ3v) is 5.26. The Bertz CT molecular complexity index is 1240. The summed E-state index contributed by atoms with van der Waals surface area (Å²) in [5, 5.41) is 24.2. The standard InChI is InChI=1S/C21H14ClN5O4S/c1-31-18-5-4-15(11-16(18)22)26-20(28)14(12-23)9-13-3-6-19(17(10-13)27(29)30)32-21-24-7-2-8-25-21/h2-11H,1H3,(H,26,28). The first kappa shape index (κ1) is 22.7. The smallest absolute Gasteiger partial charge is 0.283 e. The first-order chi connectivity index (χ1) is 15.4. The molecule has 0 bridgehead atoms. The van der Waals surface area contributed by atoms with Crippen molar-refractivity contribution in [3.63, 3.8) is 0 Å². The van der Waals surface area contributed by atoms with E-state index in [-0.39, 0.29) is 11.3 Å². The molecule has 0 saturated heterocycles. The van der Waals surface area contributed by atoms with Gasteiger partial charge in [-0.3, -0.25) is 14.9 Å². The number of carbonyl (C=O) groups is 1. The number of aromatic nitrogens is 2. The van der Waals surface area contributed by atoms with Gasteiger partial charge in [0.25, 0.3) is 11.6 Å². The molecule has 1 heterocycles. The van der Waals surface area contributed by atoms with Crippen molar-refractivity contribution in [3.05, 3.63) is 81.1 Å². The Labute approximate surface area is 191 Å². The molecule has 0 fully saturated rings. The van der Waals surface area contributed by atoms with Crippen LogP contribution in [0.4, 0.5) is 11.4 Å². The van der Waals surface area contributed by atoms with Gasteiger partial charge in [0.2, 0.25) is 0 Å². The van der Waals surface area contributed by atoms with Crippen LogP contribution in [-0.2, 0) is 4.79 Å². The molecular weight excluding hydrogens is 454 g/mol. The highest BCUT2D eigenvalue weighted by Gasteiger charge is 2.18. The van der Waals surface area contributed by atoms with Crippen LogP contribution >= 0.6 is 23.4 Å². The maximum atomic E-state index is 12.5. The van der Waals surface area contributed by atoms with Crippen molar-refractivity contribution in [1.29, 1.82) is 5.26 Å². The summed E-state index contributed by atoms with van der Waals surface area (Å²) in [6, 6.07) is 12.4. The second-order valence-electron chi connectivity index (χ2n) is 6.09. The van der Waals surface area contributed by atoms with Gasteiger partial charge in [0, 0.05) is 24.1 Å². The summed E-state index contributed by atoms with van der Waals surface area (Å²) in [7, 11) is 1.46. The summed E-state index contributed by atoms with van der Waals surface area (Å²) < 4.78 is 5.06. The molecule has 0 radical (unpaired) electrons. The van der Waals surface area contributed by atoms with Gasteiger partial charge in [0.1, 0.15) is 17.4 Å². The molecule has 0 atom stereocenters. The topological polar surface area (TPSA) is 131 Å². The number of nitro benzene ring substituents is 1. The average molecular weight is 468 g/mol. The maximum absolute atomic E-state index is 12.5. The summed E-state index contributed by atoms with van der Waals surface area (Å²) >= 11 is 7.08. The molecule has 160 valence electrons. The highest BCUT2D eigenvalue weighted by Crippen LogP contribution is 2.34. The van der Waals surface area contributed by atoms with Crippen LogP contribution in [0.3, 0.4) is 0 Å². The third kappa shape index (κ3) is 5.60. The van der Waals surface area contributed by atoms with Crippen LogP contribution in [0.1, 0.15) is 5.56 Å². The second-order valence-corrected chi connectivity index (χ2v) is 7.51. The SMILES string of the molecule is COc1ccc(NC(=O)C(C#N)=Cc2ccc(Sc3ncccn3)c([N+](=O)[O-])c2)cc1Cl. The van der Waals surface area contributed by atoms with Crippen molar-refractivity contribution < 1.29 is 14.5 Å². The molecule has 3 rings (SSSR count). The van der Waals surface area contributed by atoms with Crippen molar-refractivity contribution in [1.82, 2.24) is 9.97 Å². The highest BCUT2D eigenvalue weighted by atomic mass is 35.5. The number of nitrogens with zero attached hydrogens (tertiary/aromatic N) is 4. The largest absolute Gasteiger partial charge is 0.495 e. The number of hydrogen-bond acceptors (Lipinski definition) is 8. The predicted molar refractivity (Wildman–Crippen MR) is 119 cm³/mol. The fourth-order valence-corrected chi connectivity index (χ4v) is 3.60. The van der Waals surface area contributed by atoms with Gasteiger partial charge in [0.05, 0.1) is 22.0 Å². The number of methoxy groups -OCH3 is 1. The lowest BCUT2D eigenvalue weighted by Gasteiger charge is -2.08. The average Bonchev–Trinajstić information content (AvgIpc) is 2.79. The maximum Gasteiger partial charge on any atom is 0.283 e. The first-order valence-electron chi connectivity index (χ1n) is 8.91. The predicted octanol–water partition coefficient (Wildman–Crippen LogP) is 4.74. The van der Waals surface area contributed by atoms with Crippen molar-refractivity contribution >= 4 is 46.7 Å². The van der Waals surface area contributed by atoms with Crippen molar-refractivity contribution in [3.8, 4) is 11.8 Å². The number of benzene rings is 2. The minimum Gasteiger partial charge on any atom is -0.495 e. The Morgan fingerprint density at radius 3 is 2.66 bits per heavy atom. The Hall–Kier alpha value is -3.94. The molecule has 0 aliphatic heterocycles. The molecule has 11 heteroatoms. The van der Waals surface area contributed by atoms with Crippen LogP contribution in [0.15, 0.2) is 70.5 Å². The van der Waals surface area contributed by atoms with Crippen molar-refractivity contribution in [2.24, 2.45) is 0 Å². The van der Waals surface area contributed by atoms with Crippen LogP contribution in [0, 0.1) is 21.4 Å². The molecule has 0 aliphatic carbocycles. The molecule has 0 unspecified atom stereocenters. The lowest BCUT2D eigenvalue weighted by molar-refractivity contribution is -0.387. The quantitative estimate of drug-likeness (QED) is 0.173. The first-order valence-corrected chi connectivity index (χ1v) is 10.1. The minimum absolute atomic E-state index is 0.198. The Balaban J connectivity index is 1.85. The molecule has 1 aromatic heterocycles. The monoisotopic (exact) mass is 467 g/mol. The van der Waals surface area contributed by atoms with Gasteiger partial charge in [-0.15, -0.1) is 0 Å². The molecule has 0 aliphatic rings. The van der Waals surface area contributed by atoms with Crippen LogP contribution in [-0.4, -0.2) is 27.9 Å². The summed E-state index contributed by atoms with van der Waals surface area (Å²) in [5.74, 6) is -0.251. The lowest BCUT2D eigenvalue weighted by Crippen LogP contribution is -2.13. The zero-order chi connectivity index (χ0) is 23.1. The summed E-state index contributed by atoms with van der Waals surface area (Å²) in [4.78, 5) is 31.9. The van der Waals surface area contributed by atoms with E-state index < -0.39 is 10.8 Å². The van der Waals surface area contributed by atoms with E-state index >= 15 is 0 Å². The molecule has 1 N–H and O–H groups in total. The number of anilines is 1. The number of ether oxygens (including phenoxy) is 1. The number of nitriles is 1. The Morgan fingerprint density at radius 2 is 2.03 bits per heavy atom. The summed E-state index contributed by atoms with van der Waals surface area (Å²) in [6.07, 6.45) is 4.33. The van der Waals surface area contributed by atoms with Gasteiger partial charge in [-0.1, -0.05) is 17.7 Å². The van der Waals surface area contributed by atoms with E-state index in [2.05, 4.69) is 15.3 Å². The molecule has 3 aromatic rings. The number of nitrogens with one attached hydrogen (secondary N) is 1. The van der Waals surface area contributed by atoms with Gasteiger partial charge >= 0.3 is 0 Å². The Kier molecular flexibility index (Phi) is 7.38. The van der Waals surface area contributed by atoms with Crippen molar-refractivity contribution in [2.75, 3.05) is 12.4 Å². The number of carbonyl (C=O) groups excluding carboxylic acids is 1. The highest BCUT2D eigenvalue weighted by molar-refractivity contribution is 7.99. The van der Waals surface area contributed by atoms with Gasteiger partial charge < -0.3 is 10.1 Å². The minimum atomic E-state index is -0.687. The van der Waals surface area contributed by atoms with E-state index in [1.165, 1.54) is 43.8 Å². The Morgan fingerprint density at radius 1 is 1.28 bits per heavy atom. The number of halogens is 1. The van der Waals surface area contributed by atoms with E-state index in [0.29, 0.717) is 32.1 Å². The molecule has 32 heavy (non-hydrogen) atoms. The molecule has 2 aromatic carbocycles. The summed E-state index contributed by atoms with van der Waals surface area (Å²) in [5.41, 5.74) is 0.242. The summed E-state index contributed by atoms with van der Waals surface area (Å²) in [6.45, 7) is 0. The molecule has 1 amide bonds. The fraction of sp³-hybridized carbons (Fsp3) is 0.0476. The number of rotatable bonds is 7. The fourth-order valence-electron chi connectivity index (χ4n) is 2.55. The van der Waals surface area contributed by atoms with Gasteiger partial charge in [-0.2, -0.15) is 5.26 Å². The number of hydrogen-bond donors (Lipinski definition) is 1. The zero-order valence-electron chi connectivity index (χ0n) is 16.5. The normalized spacial score (nSPS) is 10.8. The molecule has 9 nitrogen and oxygen atoms in total. The van der Waals surface area contributed by atoms with E-state index in [4.69, 9.17) is 16.3 Å². The molecule has 0 spiro atoms. The van der Waals surface area contributed by atoms with E-state index in [9.17, 15) is 20.2 Å².